The molecule has 1 amide bonds. The second-order valence-electron chi connectivity index (χ2n) is 4.74. The molecule has 1 saturated heterocycles. The van der Waals surface area contributed by atoms with E-state index in [1.165, 1.54) is 6.20 Å². The van der Waals surface area contributed by atoms with Crippen LogP contribution in [-0.2, 0) is 14.3 Å². The molecule has 3 heterocycles. The van der Waals surface area contributed by atoms with Crippen LogP contribution < -0.4 is 5.32 Å². The van der Waals surface area contributed by atoms with Crippen molar-refractivity contribution in [3.63, 3.8) is 0 Å². The minimum absolute atomic E-state index is 0.00382. The molecule has 1 aliphatic rings. The van der Waals surface area contributed by atoms with Gasteiger partial charge in [0.25, 0.3) is 5.91 Å². The number of carbonyl (C=O) groups excluding carboxylic acids is 1. The zero-order valence-corrected chi connectivity index (χ0v) is 12.0. The van der Waals surface area contributed by atoms with Crippen molar-refractivity contribution < 1.29 is 14.3 Å². The molecule has 1 fully saturated rings. The Hall–Kier alpha value is -1.76. The van der Waals surface area contributed by atoms with E-state index < -0.39 is 0 Å². The first-order chi connectivity index (χ1) is 10.2. The van der Waals surface area contributed by atoms with Crippen LogP contribution in [0.1, 0.15) is 6.42 Å². The summed E-state index contributed by atoms with van der Waals surface area (Å²) in [6.45, 7) is 1.22. The van der Waals surface area contributed by atoms with Crippen LogP contribution in [-0.4, -0.2) is 41.8 Å². The summed E-state index contributed by atoms with van der Waals surface area (Å²) < 4.78 is 10.6. The fourth-order valence-corrected chi connectivity index (χ4v) is 2.24. The molecule has 2 aromatic rings. The minimum Gasteiger partial charge on any atom is -0.379 e. The molecule has 7 heteroatoms. The number of nitrogens with zero attached hydrogens (tertiary/aromatic N) is 2. The van der Waals surface area contributed by atoms with E-state index >= 15 is 0 Å². The Bertz CT molecular complexity index is 659. The number of aromatic nitrogens is 2. The predicted octanol–water partition coefficient (Wildman–Crippen LogP) is 2.03. The molecule has 0 saturated carbocycles. The average Bonchev–Trinajstić information content (AvgIpc) is 2.99. The van der Waals surface area contributed by atoms with Crippen LogP contribution >= 0.6 is 11.6 Å². The molecule has 0 spiro atoms. The van der Waals surface area contributed by atoms with Crippen molar-refractivity contribution in [3.8, 4) is 0 Å². The third kappa shape index (κ3) is 3.66. The van der Waals surface area contributed by atoms with Crippen molar-refractivity contribution in [2.75, 3.05) is 25.1 Å². The maximum absolute atomic E-state index is 11.8. The molecule has 21 heavy (non-hydrogen) atoms. The minimum atomic E-state index is -0.247. The van der Waals surface area contributed by atoms with E-state index in [1.54, 1.807) is 12.1 Å². The Balaban J connectivity index is 1.61. The molecule has 0 aromatic carbocycles. The van der Waals surface area contributed by atoms with Crippen molar-refractivity contribution in [2.24, 2.45) is 0 Å². The number of ether oxygens (including phenoxy) is 2. The monoisotopic (exact) mass is 307 g/mol. The summed E-state index contributed by atoms with van der Waals surface area (Å²) in [6, 6.07) is 5.28. The second kappa shape index (κ2) is 6.34. The van der Waals surface area contributed by atoms with Crippen LogP contribution in [0.25, 0.3) is 11.0 Å². The third-order valence-electron chi connectivity index (χ3n) is 3.11. The van der Waals surface area contributed by atoms with Gasteiger partial charge in [0.05, 0.1) is 17.7 Å². The predicted molar refractivity (Wildman–Crippen MR) is 78.4 cm³/mol. The fourth-order valence-electron chi connectivity index (χ4n) is 2.07. The number of anilines is 1. The number of hydrogen-bond donors (Lipinski definition) is 1. The van der Waals surface area contributed by atoms with Crippen LogP contribution in [0.4, 0.5) is 5.82 Å². The van der Waals surface area contributed by atoms with E-state index in [9.17, 15) is 4.79 Å². The first-order valence-electron chi connectivity index (χ1n) is 6.62. The molecule has 1 N–H and O–H groups in total. The number of carbonyl (C=O) groups is 1. The van der Waals surface area contributed by atoms with E-state index in [0.29, 0.717) is 29.7 Å². The van der Waals surface area contributed by atoms with Gasteiger partial charge in [0.2, 0.25) is 0 Å². The molecule has 0 radical (unpaired) electrons. The standard InChI is InChI=1S/C14H14ClN3O3/c15-10-5-9-1-2-12(18-14(9)16-6-10)17-13(19)8-21-11-3-4-20-7-11/h1-2,5-6,11H,3-4,7-8H2,(H,16,17,18,19). The molecular formula is C14H14ClN3O3. The largest absolute Gasteiger partial charge is 0.379 e. The first-order valence-corrected chi connectivity index (χ1v) is 7.00. The Morgan fingerprint density at radius 2 is 2.43 bits per heavy atom. The summed E-state index contributed by atoms with van der Waals surface area (Å²) in [4.78, 5) is 20.2. The van der Waals surface area contributed by atoms with Gasteiger partial charge in [0.15, 0.2) is 5.65 Å². The zero-order valence-electron chi connectivity index (χ0n) is 11.2. The lowest BCUT2D eigenvalue weighted by Gasteiger charge is -2.10. The molecule has 1 aliphatic heterocycles. The van der Waals surface area contributed by atoms with Crippen molar-refractivity contribution >= 4 is 34.4 Å². The third-order valence-corrected chi connectivity index (χ3v) is 3.32. The number of nitrogens with one attached hydrogen (secondary N) is 1. The van der Waals surface area contributed by atoms with E-state index in [0.717, 1.165) is 11.8 Å². The van der Waals surface area contributed by atoms with Gasteiger partial charge in [-0.2, -0.15) is 0 Å². The lowest BCUT2D eigenvalue weighted by Crippen LogP contribution is -2.23. The van der Waals surface area contributed by atoms with Gasteiger partial charge in [-0.05, 0) is 24.6 Å². The summed E-state index contributed by atoms with van der Waals surface area (Å²) in [6.07, 6.45) is 2.35. The molecule has 0 bridgehead atoms. The smallest absolute Gasteiger partial charge is 0.251 e. The molecule has 3 rings (SSSR count). The lowest BCUT2D eigenvalue weighted by molar-refractivity contribution is -0.122. The average molecular weight is 308 g/mol. The number of rotatable bonds is 4. The Morgan fingerprint density at radius 1 is 1.52 bits per heavy atom. The summed E-state index contributed by atoms with van der Waals surface area (Å²) in [7, 11) is 0. The summed E-state index contributed by atoms with van der Waals surface area (Å²) in [5, 5.41) is 4.05. The van der Waals surface area contributed by atoms with Crippen molar-refractivity contribution in [1.82, 2.24) is 9.97 Å². The first kappa shape index (κ1) is 14.2. The lowest BCUT2D eigenvalue weighted by atomic mass is 10.3. The second-order valence-corrected chi connectivity index (χ2v) is 5.18. The number of hydrogen-bond acceptors (Lipinski definition) is 5. The summed E-state index contributed by atoms with van der Waals surface area (Å²) in [5.41, 5.74) is 0.530. The van der Waals surface area contributed by atoms with Crippen LogP contribution in [0.15, 0.2) is 24.4 Å². The Kier molecular flexibility index (Phi) is 4.28. The molecule has 1 atom stereocenters. The fraction of sp³-hybridized carbons (Fsp3) is 0.357. The summed E-state index contributed by atoms with van der Waals surface area (Å²) in [5.74, 6) is 0.191. The van der Waals surface area contributed by atoms with Crippen molar-refractivity contribution in [3.05, 3.63) is 29.4 Å². The maximum atomic E-state index is 11.8. The van der Waals surface area contributed by atoms with Crippen LogP contribution in [0.5, 0.6) is 0 Å². The molecule has 1 unspecified atom stereocenters. The normalized spacial score (nSPS) is 18.0. The van der Waals surface area contributed by atoms with Crippen LogP contribution in [0.2, 0.25) is 5.02 Å². The van der Waals surface area contributed by atoms with Gasteiger partial charge in [-0.15, -0.1) is 0 Å². The highest BCUT2D eigenvalue weighted by Crippen LogP contribution is 2.17. The van der Waals surface area contributed by atoms with Crippen molar-refractivity contribution in [1.29, 1.82) is 0 Å². The Labute approximate surface area is 126 Å². The van der Waals surface area contributed by atoms with E-state index in [1.807, 2.05) is 6.07 Å². The van der Waals surface area contributed by atoms with Crippen LogP contribution in [0, 0.1) is 0 Å². The molecule has 2 aromatic heterocycles. The molecule has 0 aliphatic carbocycles. The molecule has 6 nitrogen and oxygen atoms in total. The zero-order chi connectivity index (χ0) is 14.7. The van der Waals surface area contributed by atoms with Gasteiger partial charge in [-0.3, -0.25) is 4.79 Å². The number of fused-ring (bicyclic) bond motifs is 1. The highest BCUT2D eigenvalue weighted by molar-refractivity contribution is 6.31. The van der Waals surface area contributed by atoms with Crippen molar-refractivity contribution in [2.45, 2.75) is 12.5 Å². The maximum Gasteiger partial charge on any atom is 0.251 e. The number of halogens is 1. The van der Waals surface area contributed by atoms with Gasteiger partial charge in [-0.1, -0.05) is 11.6 Å². The highest BCUT2D eigenvalue weighted by atomic mass is 35.5. The van der Waals surface area contributed by atoms with Gasteiger partial charge >= 0.3 is 0 Å². The van der Waals surface area contributed by atoms with Gasteiger partial charge in [0, 0.05) is 18.2 Å². The van der Waals surface area contributed by atoms with Crippen LogP contribution in [0.3, 0.4) is 0 Å². The molecular weight excluding hydrogens is 294 g/mol. The topological polar surface area (TPSA) is 73.3 Å². The SMILES string of the molecule is O=C(COC1CCOC1)Nc1ccc2cc(Cl)cnc2n1. The number of amides is 1. The van der Waals surface area contributed by atoms with E-state index in [2.05, 4.69) is 15.3 Å². The van der Waals surface area contributed by atoms with E-state index in [4.69, 9.17) is 21.1 Å². The Morgan fingerprint density at radius 3 is 3.24 bits per heavy atom. The van der Waals surface area contributed by atoms with Gasteiger partial charge < -0.3 is 14.8 Å². The van der Waals surface area contributed by atoms with Gasteiger partial charge in [0.1, 0.15) is 12.4 Å². The van der Waals surface area contributed by atoms with Gasteiger partial charge in [-0.25, -0.2) is 9.97 Å². The summed E-state index contributed by atoms with van der Waals surface area (Å²) >= 11 is 5.86. The highest BCUT2D eigenvalue weighted by Gasteiger charge is 2.17. The van der Waals surface area contributed by atoms with E-state index in [-0.39, 0.29) is 18.6 Å². The molecule has 110 valence electrons. The number of pyridine rings is 2. The quantitative estimate of drug-likeness (QED) is 0.935.